The molecule has 0 aliphatic carbocycles. The Morgan fingerprint density at radius 3 is 2.50 bits per heavy atom. The molecule has 3 aromatic rings. The molecule has 0 saturated heterocycles. The first-order valence-corrected chi connectivity index (χ1v) is 8.92. The number of benzene rings is 2. The minimum atomic E-state index is -0.128. The molecule has 5 heteroatoms. The fourth-order valence-electron chi connectivity index (χ4n) is 2.45. The zero-order chi connectivity index (χ0) is 16.9. The van der Waals surface area contributed by atoms with Crippen LogP contribution in [0.3, 0.4) is 0 Å². The van der Waals surface area contributed by atoms with E-state index in [1.165, 1.54) is 0 Å². The van der Waals surface area contributed by atoms with Gasteiger partial charge in [0, 0.05) is 16.5 Å². The molecule has 0 aliphatic heterocycles. The van der Waals surface area contributed by atoms with Crippen molar-refractivity contribution in [2.45, 2.75) is 18.4 Å². The molecule has 0 saturated carbocycles. The Morgan fingerprint density at radius 1 is 1.12 bits per heavy atom. The van der Waals surface area contributed by atoms with Gasteiger partial charge in [-0.3, -0.25) is 4.79 Å². The van der Waals surface area contributed by atoms with Crippen molar-refractivity contribution in [2.24, 2.45) is 0 Å². The summed E-state index contributed by atoms with van der Waals surface area (Å²) in [7, 11) is 0. The Kier molecular flexibility index (Phi) is 5.01. The standard InChI is InChI=1S/C19H19N3OS/c1-14-12-18(22(21-14)13-15-6-4-3-5-7-15)20-19(23)16-8-10-17(24-2)11-9-16/h3-12H,13H2,1-2H3,(H,20,23). The van der Waals surface area contributed by atoms with Gasteiger partial charge in [0.1, 0.15) is 5.82 Å². The molecule has 122 valence electrons. The van der Waals surface area contributed by atoms with Crippen LogP contribution in [0.25, 0.3) is 0 Å². The Labute approximate surface area is 145 Å². The van der Waals surface area contributed by atoms with Gasteiger partial charge in [-0.25, -0.2) is 4.68 Å². The molecular weight excluding hydrogens is 318 g/mol. The largest absolute Gasteiger partial charge is 0.307 e. The highest BCUT2D eigenvalue weighted by Gasteiger charge is 2.11. The average molecular weight is 337 g/mol. The van der Waals surface area contributed by atoms with Gasteiger partial charge in [0.25, 0.3) is 5.91 Å². The number of anilines is 1. The minimum Gasteiger partial charge on any atom is -0.307 e. The number of hydrogen-bond donors (Lipinski definition) is 1. The molecule has 4 nitrogen and oxygen atoms in total. The number of thioether (sulfide) groups is 1. The van der Waals surface area contributed by atoms with E-state index in [0.29, 0.717) is 17.9 Å². The molecule has 2 aromatic carbocycles. The van der Waals surface area contributed by atoms with Gasteiger partial charge in [-0.05, 0) is 43.0 Å². The summed E-state index contributed by atoms with van der Waals surface area (Å²) in [5.74, 6) is 0.576. The van der Waals surface area contributed by atoms with Crippen LogP contribution in [0, 0.1) is 6.92 Å². The van der Waals surface area contributed by atoms with E-state index >= 15 is 0 Å². The number of nitrogens with one attached hydrogen (secondary N) is 1. The van der Waals surface area contributed by atoms with Gasteiger partial charge in [0.05, 0.1) is 12.2 Å². The Hall–Kier alpha value is -2.53. The zero-order valence-corrected chi connectivity index (χ0v) is 14.5. The summed E-state index contributed by atoms with van der Waals surface area (Å²) in [6, 6.07) is 19.5. The molecule has 1 heterocycles. The third-order valence-electron chi connectivity index (χ3n) is 3.67. The SMILES string of the molecule is CSc1ccc(C(=O)Nc2cc(C)nn2Cc2ccccc2)cc1. The average Bonchev–Trinajstić information content (AvgIpc) is 2.95. The first kappa shape index (κ1) is 16.3. The summed E-state index contributed by atoms with van der Waals surface area (Å²) in [5, 5.41) is 7.44. The molecule has 1 aromatic heterocycles. The molecule has 24 heavy (non-hydrogen) atoms. The van der Waals surface area contributed by atoms with E-state index < -0.39 is 0 Å². The highest BCUT2D eigenvalue weighted by atomic mass is 32.2. The van der Waals surface area contributed by atoms with Crippen molar-refractivity contribution in [3.05, 3.63) is 77.5 Å². The van der Waals surface area contributed by atoms with E-state index in [1.807, 2.05) is 78.5 Å². The highest BCUT2D eigenvalue weighted by molar-refractivity contribution is 7.98. The van der Waals surface area contributed by atoms with Crippen molar-refractivity contribution in [1.29, 1.82) is 0 Å². The summed E-state index contributed by atoms with van der Waals surface area (Å²) >= 11 is 1.65. The van der Waals surface area contributed by atoms with E-state index in [1.54, 1.807) is 11.8 Å². The predicted octanol–water partition coefficient (Wildman–Crippen LogP) is 4.21. The molecule has 0 atom stereocenters. The molecular formula is C19H19N3OS. The van der Waals surface area contributed by atoms with E-state index in [2.05, 4.69) is 10.4 Å². The first-order chi connectivity index (χ1) is 11.7. The monoisotopic (exact) mass is 337 g/mol. The second-order valence-corrected chi connectivity index (χ2v) is 6.38. The van der Waals surface area contributed by atoms with Crippen molar-refractivity contribution >= 4 is 23.5 Å². The number of carbonyl (C=O) groups excluding carboxylic acids is 1. The number of aryl methyl sites for hydroxylation is 1. The number of rotatable bonds is 5. The molecule has 0 unspecified atom stereocenters. The molecule has 1 amide bonds. The topological polar surface area (TPSA) is 46.9 Å². The maximum Gasteiger partial charge on any atom is 0.256 e. The molecule has 0 aliphatic rings. The van der Waals surface area contributed by atoms with Crippen molar-refractivity contribution < 1.29 is 4.79 Å². The van der Waals surface area contributed by atoms with Crippen molar-refractivity contribution in [3.8, 4) is 0 Å². The van der Waals surface area contributed by atoms with E-state index in [4.69, 9.17) is 0 Å². The van der Waals surface area contributed by atoms with Gasteiger partial charge in [-0.2, -0.15) is 5.10 Å². The maximum absolute atomic E-state index is 12.5. The van der Waals surface area contributed by atoms with E-state index in [9.17, 15) is 4.79 Å². The molecule has 0 spiro atoms. The Morgan fingerprint density at radius 2 is 1.83 bits per heavy atom. The lowest BCUT2D eigenvalue weighted by Crippen LogP contribution is -2.16. The smallest absolute Gasteiger partial charge is 0.256 e. The summed E-state index contributed by atoms with van der Waals surface area (Å²) in [5.41, 5.74) is 2.65. The van der Waals surface area contributed by atoms with Crippen LogP contribution in [0.1, 0.15) is 21.6 Å². The van der Waals surface area contributed by atoms with Crippen LogP contribution < -0.4 is 5.32 Å². The number of nitrogens with zero attached hydrogens (tertiary/aromatic N) is 2. The Bertz CT molecular complexity index is 826. The van der Waals surface area contributed by atoms with Crippen molar-refractivity contribution in [2.75, 3.05) is 11.6 Å². The fraction of sp³-hybridized carbons (Fsp3) is 0.158. The van der Waals surface area contributed by atoms with Crippen molar-refractivity contribution in [3.63, 3.8) is 0 Å². The van der Waals surface area contributed by atoms with Crippen LogP contribution in [-0.2, 0) is 6.54 Å². The van der Waals surface area contributed by atoms with Crippen LogP contribution in [0.2, 0.25) is 0 Å². The third-order valence-corrected chi connectivity index (χ3v) is 4.41. The van der Waals surface area contributed by atoms with Gasteiger partial charge in [0.2, 0.25) is 0 Å². The van der Waals surface area contributed by atoms with Gasteiger partial charge in [0.15, 0.2) is 0 Å². The molecule has 0 radical (unpaired) electrons. The second-order valence-electron chi connectivity index (χ2n) is 5.50. The van der Waals surface area contributed by atoms with Crippen LogP contribution >= 0.6 is 11.8 Å². The van der Waals surface area contributed by atoms with Crippen LogP contribution in [0.5, 0.6) is 0 Å². The molecule has 3 rings (SSSR count). The molecule has 1 N–H and O–H groups in total. The van der Waals surface area contributed by atoms with Crippen LogP contribution in [0.15, 0.2) is 65.6 Å². The summed E-state index contributed by atoms with van der Waals surface area (Å²) in [6.45, 7) is 2.54. The summed E-state index contributed by atoms with van der Waals surface area (Å²) in [6.07, 6.45) is 2.01. The number of aromatic nitrogens is 2. The fourth-order valence-corrected chi connectivity index (χ4v) is 2.86. The Balaban J connectivity index is 1.78. The van der Waals surface area contributed by atoms with Gasteiger partial charge < -0.3 is 5.32 Å². The lowest BCUT2D eigenvalue weighted by Gasteiger charge is -2.09. The number of amides is 1. The number of carbonyl (C=O) groups is 1. The van der Waals surface area contributed by atoms with Crippen molar-refractivity contribution in [1.82, 2.24) is 9.78 Å². The van der Waals surface area contributed by atoms with Crippen LogP contribution in [-0.4, -0.2) is 21.9 Å². The van der Waals surface area contributed by atoms with E-state index in [-0.39, 0.29) is 5.91 Å². The van der Waals surface area contributed by atoms with Gasteiger partial charge >= 0.3 is 0 Å². The number of hydrogen-bond acceptors (Lipinski definition) is 3. The molecule has 0 bridgehead atoms. The summed E-state index contributed by atoms with van der Waals surface area (Å²) < 4.78 is 1.82. The zero-order valence-electron chi connectivity index (χ0n) is 13.7. The quantitative estimate of drug-likeness (QED) is 0.709. The third kappa shape index (κ3) is 3.86. The molecule has 0 fully saturated rings. The normalized spacial score (nSPS) is 10.6. The van der Waals surface area contributed by atoms with Crippen LogP contribution in [0.4, 0.5) is 5.82 Å². The first-order valence-electron chi connectivity index (χ1n) is 7.69. The van der Waals surface area contributed by atoms with E-state index in [0.717, 1.165) is 16.2 Å². The van der Waals surface area contributed by atoms with Gasteiger partial charge in [-0.15, -0.1) is 11.8 Å². The minimum absolute atomic E-state index is 0.128. The second kappa shape index (κ2) is 7.36. The highest BCUT2D eigenvalue weighted by Crippen LogP contribution is 2.17. The predicted molar refractivity (Wildman–Crippen MR) is 98.7 cm³/mol. The lowest BCUT2D eigenvalue weighted by molar-refractivity contribution is 0.102. The maximum atomic E-state index is 12.5. The van der Waals surface area contributed by atoms with Gasteiger partial charge in [-0.1, -0.05) is 30.3 Å². The summed E-state index contributed by atoms with van der Waals surface area (Å²) in [4.78, 5) is 13.6. The lowest BCUT2D eigenvalue weighted by atomic mass is 10.2.